The van der Waals surface area contributed by atoms with Crippen molar-refractivity contribution in [1.82, 2.24) is 20.2 Å². The lowest BCUT2D eigenvalue weighted by atomic mass is 10.2. The number of hydrogen-bond acceptors (Lipinski definition) is 3. The molecule has 2 N–H and O–H groups in total. The first kappa shape index (κ1) is 19.0. The fraction of sp³-hybridized carbons (Fsp3) is 0.474. The highest BCUT2D eigenvalue weighted by molar-refractivity contribution is 5.79. The van der Waals surface area contributed by atoms with Crippen molar-refractivity contribution in [3.8, 4) is 0 Å². The largest absolute Gasteiger partial charge is 0.382 e. The highest BCUT2D eigenvalue weighted by Gasteiger charge is 2.05. The van der Waals surface area contributed by atoms with Crippen LogP contribution in [-0.2, 0) is 17.8 Å². The van der Waals surface area contributed by atoms with Crippen LogP contribution in [0, 0.1) is 0 Å². The standard InChI is InChI=1S/C19H29N5O/c1-3-25-14-8-7-11-22-19(20-2)23-15-18-21-12-13-24(18)16-17-9-5-4-6-10-17/h4-6,9-10,12-13H,3,7-8,11,14-16H2,1-2H3,(H2,20,22,23). The number of rotatable bonds is 10. The maximum atomic E-state index is 5.34. The van der Waals surface area contributed by atoms with Crippen LogP contribution in [0.1, 0.15) is 31.2 Å². The van der Waals surface area contributed by atoms with Gasteiger partial charge in [-0.3, -0.25) is 4.99 Å². The monoisotopic (exact) mass is 343 g/mol. The first-order chi connectivity index (χ1) is 12.3. The summed E-state index contributed by atoms with van der Waals surface area (Å²) in [6.07, 6.45) is 5.96. The Morgan fingerprint density at radius 1 is 1.20 bits per heavy atom. The van der Waals surface area contributed by atoms with Crippen molar-refractivity contribution in [2.75, 3.05) is 26.8 Å². The van der Waals surface area contributed by atoms with E-state index < -0.39 is 0 Å². The molecular weight excluding hydrogens is 314 g/mol. The summed E-state index contributed by atoms with van der Waals surface area (Å²) in [5.41, 5.74) is 1.26. The molecule has 0 fully saturated rings. The number of aromatic nitrogens is 2. The SMILES string of the molecule is CCOCCCCNC(=NC)NCc1nccn1Cc1ccccc1. The van der Waals surface area contributed by atoms with Crippen LogP contribution in [0.15, 0.2) is 47.7 Å². The van der Waals surface area contributed by atoms with Crippen molar-refractivity contribution >= 4 is 5.96 Å². The summed E-state index contributed by atoms with van der Waals surface area (Å²) in [6, 6.07) is 10.4. The lowest BCUT2D eigenvalue weighted by Gasteiger charge is -2.13. The van der Waals surface area contributed by atoms with Gasteiger partial charge in [0.1, 0.15) is 5.82 Å². The van der Waals surface area contributed by atoms with Crippen molar-refractivity contribution in [3.63, 3.8) is 0 Å². The first-order valence-electron chi connectivity index (χ1n) is 8.89. The van der Waals surface area contributed by atoms with Gasteiger partial charge < -0.3 is 19.9 Å². The highest BCUT2D eigenvalue weighted by atomic mass is 16.5. The van der Waals surface area contributed by atoms with Gasteiger partial charge in [-0.15, -0.1) is 0 Å². The van der Waals surface area contributed by atoms with Crippen LogP contribution in [0.2, 0.25) is 0 Å². The molecule has 6 nitrogen and oxygen atoms in total. The highest BCUT2D eigenvalue weighted by Crippen LogP contribution is 2.05. The van der Waals surface area contributed by atoms with Gasteiger partial charge in [-0.05, 0) is 25.3 Å². The van der Waals surface area contributed by atoms with Gasteiger partial charge in [0.15, 0.2) is 5.96 Å². The molecule has 6 heteroatoms. The molecule has 0 radical (unpaired) electrons. The van der Waals surface area contributed by atoms with Crippen molar-refractivity contribution in [1.29, 1.82) is 0 Å². The van der Waals surface area contributed by atoms with Gasteiger partial charge in [0.2, 0.25) is 0 Å². The molecule has 2 rings (SSSR count). The summed E-state index contributed by atoms with van der Waals surface area (Å²) >= 11 is 0. The molecule has 0 atom stereocenters. The van der Waals surface area contributed by atoms with Crippen molar-refractivity contribution < 1.29 is 4.74 Å². The Balaban J connectivity index is 1.75. The second kappa shape index (κ2) is 11.3. The summed E-state index contributed by atoms with van der Waals surface area (Å²) in [5, 5.41) is 6.65. The third-order valence-electron chi connectivity index (χ3n) is 3.85. The normalized spacial score (nSPS) is 11.5. The molecule has 1 aromatic heterocycles. The Bertz CT molecular complexity index is 624. The molecule has 0 aliphatic carbocycles. The molecule has 1 aromatic carbocycles. The minimum atomic E-state index is 0.637. The topological polar surface area (TPSA) is 63.5 Å². The quantitative estimate of drug-likeness (QED) is 0.395. The number of hydrogen-bond donors (Lipinski definition) is 2. The Labute approximate surface area is 150 Å². The van der Waals surface area contributed by atoms with Crippen LogP contribution >= 0.6 is 0 Å². The smallest absolute Gasteiger partial charge is 0.191 e. The van der Waals surface area contributed by atoms with E-state index >= 15 is 0 Å². The number of guanidine groups is 1. The van der Waals surface area contributed by atoms with Crippen molar-refractivity contribution in [2.24, 2.45) is 4.99 Å². The molecule has 0 spiro atoms. The van der Waals surface area contributed by atoms with Crippen LogP contribution in [0.4, 0.5) is 0 Å². The van der Waals surface area contributed by atoms with E-state index in [2.05, 4.69) is 49.4 Å². The number of benzene rings is 1. The van der Waals surface area contributed by atoms with E-state index in [1.54, 1.807) is 7.05 Å². The van der Waals surface area contributed by atoms with Gasteiger partial charge in [0, 0.05) is 45.7 Å². The van der Waals surface area contributed by atoms with Gasteiger partial charge in [-0.25, -0.2) is 4.98 Å². The summed E-state index contributed by atoms with van der Waals surface area (Å²) in [6.45, 7) is 5.96. The maximum Gasteiger partial charge on any atom is 0.191 e. The molecule has 25 heavy (non-hydrogen) atoms. The van der Waals surface area contributed by atoms with E-state index in [0.717, 1.165) is 50.9 Å². The molecule has 0 bridgehead atoms. The predicted octanol–water partition coefficient (Wildman–Crippen LogP) is 2.41. The first-order valence-corrected chi connectivity index (χ1v) is 8.89. The molecule has 0 aliphatic rings. The summed E-state index contributed by atoms with van der Waals surface area (Å²) < 4.78 is 7.49. The van der Waals surface area contributed by atoms with Crippen LogP contribution in [0.25, 0.3) is 0 Å². The van der Waals surface area contributed by atoms with Gasteiger partial charge in [-0.2, -0.15) is 0 Å². The van der Waals surface area contributed by atoms with E-state index in [-0.39, 0.29) is 0 Å². The van der Waals surface area contributed by atoms with Gasteiger partial charge in [0.25, 0.3) is 0 Å². The fourth-order valence-electron chi connectivity index (χ4n) is 2.49. The van der Waals surface area contributed by atoms with Crippen LogP contribution in [0.5, 0.6) is 0 Å². The number of nitrogens with one attached hydrogen (secondary N) is 2. The van der Waals surface area contributed by atoms with E-state index in [9.17, 15) is 0 Å². The molecule has 0 aliphatic heterocycles. The Kier molecular flexibility index (Phi) is 8.55. The number of aliphatic imine (C=N–C) groups is 1. The van der Waals surface area contributed by atoms with E-state index in [0.29, 0.717) is 6.54 Å². The summed E-state index contributed by atoms with van der Waals surface area (Å²) in [4.78, 5) is 8.71. The van der Waals surface area contributed by atoms with Crippen molar-refractivity contribution in [2.45, 2.75) is 32.9 Å². The average molecular weight is 343 g/mol. The lowest BCUT2D eigenvalue weighted by molar-refractivity contribution is 0.143. The van der Waals surface area contributed by atoms with Gasteiger partial charge in [0.05, 0.1) is 6.54 Å². The van der Waals surface area contributed by atoms with Gasteiger partial charge >= 0.3 is 0 Å². The Morgan fingerprint density at radius 3 is 2.80 bits per heavy atom. The number of unbranched alkanes of at least 4 members (excludes halogenated alkanes) is 1. The molecular formula is C19H29N5O. The molecule has 1 heterocycles. The van der Waals surface area contributed by atoms with E-state index in [1.165, 1.54) is 5.56 Å². The Morgan fingerprint density at radius 2 is 2.04 bits per heavy atom. The third-order valence-corrected chi connectivity index (χ3v) is 3.85. The minimum absolute atomic E-state index is 0.637. The van der Waals surface area contributed by atoms with E-state index in [1.807, 2.05) is 25.4 Å². The second-order valence-electron chi connectivity index (χ2n) is 5.71. The summed E-state index contributed by atoms with van der Waals surface area (Å²) in [5.74, 6) is 1.79. The molecule has 0 unspecified atom stereocenters. The van der Waals surface area contributed by atoms with Crippen LogP contribution in [-0.4, -0.2) is 42.3 Å². The summed E-state index contributed by atoms with van der Waals surface area (Å²) in [7, 11) is 1.78. The zero-order chi connectivity index (χ0) is 17.7. The number of nitrogens with zero attached hydrogens (tertiary/aromatic N) is 3. The molecule has 0 saturated carbocycles. The zero-order valence-corrected chi connectivity index (χ0v) is 15.2. The number of imidazole rings is 1. The van der Waals surface area contributed by atoms with Crippen LogP contribution < -0.4 is 10.6 Å². The second-order valence-corrected chi connectivity index (χ2v) is 5.71. The zero-order valence-electron chi connectivity index (χ0n) is 15.2. The van der Waals surface area contributed by atoms with Gasteiger partial charge in [-0.1, -0.05) is 30.3 Å². The van der Waals surface area contributed by atoms with E-state index in [4.69, 9.17) is 4.74 Å². The van der Waals surface area contributed by atoms with Crippen molar-refractivity contribution in [3.05, 3.63) is 54.1 Å². The Hall–Kier alpha value is -2.34. The minimum Gasteiger partial charge on any atom is -0.382 e. The molecule has 0 saturated heterocycles. The lowest BCUT2D eigenvalue weighted by Crippen LogP contribution is -2.38. The molecule has 2 aromatic rings. The molecule has 136 valence electrons. The average Bonchev–Trinajstić information content (AvgIpc) is 3.08. The predicted molar refractivity (Wildman–Crippen MR) is 102 cm³/mol. The fourth-order valence-corrected chi connectivity index (χ4v) is 2.49. The van der Waals surface area contributed by atoms with Crippen LogP contribution in [0.3, 0.4) is 0 Å². The number of ether oxygens (including phenoxy) is 1. The molecule has 0 amide bonds. The third kappa shape index (κ3) is 6.97. The maximum absolute atomic E-state index is 5.34.